The molecule has 0 radical (unpaired) electrons. The van der Waals surface area contributed by atoms with Gasteiger partial charge in [-0.3, -0.25) is 9.48 Å². The van der Waals surface area contributed by atoms with E-state index < -0.39 is 6.04 Å². The lowest BCUT2D eigenvalue weighted by atomic mass is 10.3. The first-order valence-corrected chi connectivity index (χ1v) is 6.17. The molecule has 0 saturated heterocycles. The molecule has 2 N–H and O–H groups in total. The van der Waals surface area contributed by atoms with Crippen LogP contribution in [0.5, 0.6) is 0 Å². The molecule has 6 heteroatoms. The number of aryl methyl sites for hydroxylation is 2. The Bertz CT molecular complexity index is 341. The van der Waals surface area contributed by atoms with Crippen LogP contribution < -0.4 is 5.73 Å². The number of carbonyl (C=O) groups excluding carboxylic acids is 1. The Morgan fingerprint density at radius 3 is 3.06 bits per heavy atom. The largest absolute Gasteiger partial charge is 0.468 e. The highest BCUT2D eigenvalue weighted by Gasteiger charge is 2.12. The van der Waals surface area contributed by atoms with Crippen molar-refractivity contribution in [2.75, 3.05) is 18.6 Å². The van der Waals surface area contributed by atoms with Crippen LogP contribution in [0.25, 0.3) is 0 Å². The molecule has 0 amide bonds. The maximum absolute atomic E-state index is 11.0. The first kappa shape index (κ1) is 13.1. The monoisotopic (exact) mass is 243 g/mol. The number of hydrogen-bond donors (Lipinski definition) is 1. The molecular weight excluding hydrogens is 226 g/mol. The van der Waals surface area contributed by atoms with E-state index in [1.54, 1.807) is 16.4 Å². The maximum Gasteiger partial charge on any atom is 0.323 e. The number of nitrogens with two attached hydrogens (primary N) is 1. The van der Waals surface area contributed by atoms with E-state index in [0.29, 0.717) is 5.75 Å². The molecule has 1 heterocycles. The Morgan fingerprint density at radius 2 is 2.50 bits per heavy atom. The first-order chi connectivity index (χ1) is 7.63. The van der Waals surface area contributed by atoms with E-state index in [-0.39, 0.29) is 5.97 Å². The van der Waals surface area contributed by atoms with Gasteiger partial charge in [-0.25, -0.2) is 0 Å². The van der Waals surface area contributed by atoms with E-state index in [2.05, 4.69) is 9.84 Å². The highest BCUT2D eigenvalue weighted by Crippen LogP contribution is 2.07. The van der Waals surface area contributed by atoms with Gasteiger partial charge in [-0.15, -0.1) is 0 Å². The number of nitrogens with zero attached hydrogens (tertiary/aromatic N) is 2. The molecule has 0 bridgehead atoms. The van der Waals surface area contributed by atoms with Gasteiger partial charge in [0.2, 0.25) is 0 Å². The van der Waals surface area contributed by atoms with Crippen LogP contribution in [-0.4, -0.2) is 40.4 Å². The highest BCUT2D eigenvalue weighted by molar-refractivity contribution is 7.99. The molecule has 0 saturated carbocycles. The summed E-state index contributed by atoms with van der Waals surface area (Å²) < 4.78 is 6.32. The minimum atomic E-state index is -0.524. The second-order valence-electron chi connectivity index (χ2n) is 3.48. The van der Waals surface area contributed by atoms with Gasteiger partial charge in [-0.2, -0.15) is 16.9 Å². The third kappa shape index (κ3) is 4.24. The summed E-state index contributed by atoms with van der Waals surface area (Å²) >= 11 is 1.65. The van der Waals surface area contributed by atoms with E-state index in [1.807, 2.05) is 19.4 Å². The fourth-order valence-corrected chi connectivity index (χ4v) is 2.16. The van der Waals surface area contributed by atoms with Crippen molar-refractivity contribution in [3.63, 3.8) is 0 Å². The molecule has 16 heavy (non-hydrogen) atoms. The molecule has 1 rings (SSSR count). The summed E-state index contributed by atoms with van der Waals surface area (Å²) in [6.07, 6.45) is 4.77. The molecule has 0 spiro atoms. The number of carbonyl (C=O) groups is 1. The summed E-state index contributed by atoms with van der Waals surface area (Å²) in [4.78, 5) is 11.0. The molecule has 1 aromatic heterocycles. The van der Waals surface area contributed by atoms with Crippen LogP contribution in [0.15, 0.2) is 12.4 Å². The van der Waals surface area contributed by atoms with Gasteiger partial charge in [-0.1, -0.05) is 0 Å². The lowest BCUT2D eigenvalue weighted by Crippen LogP contribution is -2.34. The van der Waals surface area contributed by atoms with Gasteiger partial charge in [0, 0.05) is 19.0 Å². The number of thioether (sulfide) groups is 1. The molecule has 1 atom stereocenters. The lowest BCUT2D eigenvalue weighted by molar-refractivity contribution is -0.141. The van der Waals surface area contributed by atoms with Gasteiger partial charge in [0.15, 0.2) is 0 Å². The smallest absolute Gasteiger partial charge is 0.323 e. The summed E-state index contributed by atoms with van der Waals surface area (Å²) in [6, 6.07) is -0.524. The Kier molecular flexibility index (Phi) is 5.34. The number of esters is 1. The van der Waals surface area contributed by atoms with Crippen molar-refractivity contribution in [1.82, 2.24) is 9.78 Å². The quantitative estimate of drug-likeness (QED) is 0.571. The van der Waals surface area contributed by atoms with Crippen molar-refractivity contribution in [1.29, 1.82) is 0 Å². The van der Waals surface area contributed by atoms with Gasteiger partial charge in [0.25, 0.3) is 0 Å². The van der Waals surface area contributed by atoms with Gasteiger partial charge >= 0.3 is 5.97 Å². The van der Waals surface area contributed by atoms with Crippen molar-refractivity contribution in [2.24, 2.45) is 12.8 Å². The zero-order valence-electron chi connectivity index (χ0n) is 9.55. The molecule has 90 valence electrons. The number of aromatic nitrogens is 2. The average molecular weight is 243 g/mol. The second-order valence-corrected chi connectivity index (χ2v) is 4.63. The van der Waals surface area contributed by atoms with Gasteiger partial charge in [0.05, 0.1) is 13.3 Å². The summed E-state index contributed by atoms with van der Waals surface area (Å²) in [6.45, 7) is 0. The zero-order chi connectivity index (χ0) is 12.0. The van der Waals surface area contributed by atoms with Crippen LogP contribution in [-0.2, 0) is 23.0 Å². The molecule has 0 aromatic carbocycles. The fourth-order valence-electron chi connectivity index (χ4n) is 1.22. The van der Waals surface area contributed by atoms with Crippen LogP contribution in [0.3, 0.4) is 0 Å². The highest BCUT2D eigenvalue weighted by atomic mass is 32.2. The predicted molar refractivity (Wildman–Crippen MR) is 64.2 cm³/mol. The summed E-state index contributed by atoms with van der Waals surface area (Å²) in [5.41, 5.74) is 6.80. The normalized spacial score (nSPS) is 12.4. The summed E-state index contributed by atoms with van der Waals surface area (Å²) in [7, 11) is 3.24. The fraction of sp³-hybridized carbons (Fsp3) is 0.600. The third-order valence-electron chi connectivity index (χ3n) is 2.09. The van der Waals surface area contributed by atoms with Crippen molar-refractivity contribution in [2.45, 2.75) is 12.5 Å². The number of ether oxygens (including phenoxy) is 1. The third-order valence-corrected chi connectivity index (χ3v) is 3.18. The Hall–Kier alpha value is -1.01. The Balaban J connectivity index is 2.14. The van der Waals surface area contributed by atoms with Crippen molar-refractivity contribution < 1.29 is 9.53 Å². The topological polar surface area (TPSA) is 70.1 Å². The molecule has 0 aliphatic heterocycles. The van der Waals surface area contributed by atoms with Crippen LogP contribution in [0.2, 0.25) is 0 Å². The van der Waals surface area contributed by atoms with Crippen LogP contribution in [0.4, 0.5) is 0 Å². The van der Waals surface area contributed by atoms with Crippen LogP contribution in [0.1, 0.15) is 5.56 Å². The lowest BCUT2D eigenvalue weighted by Gasteiger charge is -2.07. The second kappa shape index (κ2) is 6.55. The molecule has 5 nitrogen and oxygen atoms in total. The van der Waals surface area contributed by atoms with Crippen molar-refractivity contribution in [3.05, 3.63) is 18.0 Å². The summed E-state index contributed by atoms with van der Waals surface area (Å²) in [5.74, 6) is 1.16. The minimum Gasteiger partial charge on any atom is -0.468 e. The number of methoxy groups -OCH3 is 1. The van der Waals surface area contributed by atoms with E-state index in [4.69, 9.17) is 5.73 Å². The first-order valence-electron chi connectivity index (χ1n) is 5.02. The average Bonchev–Trinajstić information content (AvgIpc) is 2.69. The van der Waals surface area contributed by atoms with E-state index in [1.165, 1.54) is 12.7 Å². The van der Waals surface area contributed by atoms with Gasteiger partial charge in [-0.05, 0) is 17.7 Å². The van der Waals surface area contributed by atoms with E-state index in [9.17, 15) is 4.79 Å². The molecule has 1 aromatic rings. The van der Waals surface area contributed by atoms with Crippen molar-refractivity contribution >= 4 is 17.7 Å². The molecule has 1 unspecified atom stereocenters. The minimum absolute atomic E-state index is 0.353. The molecule has 0 aliphatic carbocycles. The molecule has 0 fully saturated rings. The predicted octanol–water partition coefficient (Wildman–Crippen LogP) is 0.196. The Labute approximate surface area is 99.3 Å². The molecular formula is C10H17N3O2S. The zero-order valence-corrected chi connectivity index (χ0v) is 10.4. The number of hydrogen-bond acceptors (Lipinski definition) is 5. The molecule has 0 aliphatic rings. The van der Waals surface area contributed by atoms with E-state index >= 15 is 0 Å². The Morgan fingerprint density at radius 1 is 1.75 bits per heavy atom. The van der Waals surface area contributed by atoms with Crippen LogP contribution >= 0.6 is 11.8 Å². The van der Waals surface area contributed by atoms with Crippen molar-refractivity contribution in [3.8, 4) is 0 Å². The summed E-state index contributed by atoms with van der Waals surface area (Å²) in [5, 5.41) is 4.08. The van der Waals surface area contributed by atoms with E-state index in [0.717, 1.165) is 12.2 Å². The standard InChI is InChI=1S/C10H17N3O2S/c1-13-6-8(5-12-13)3-4-16-7-9(11)10(14)15-2/h5-6,9H,3-4,7,11H2,1-2H3. The van der Waals surface area contributed by atoms with Crippen LogP contribution in [0, 0.1) is 0 Å². The number of rotatable bonds is 6. The SMILES string of the molecule is COC(=O)C(N)CSCCc1cnn(C)c1. The van der Waals surface area contributed by atoms with Gasteiger partial charge in [0.1, 0.15) is 6.04 Å². The maximum atomic E-state index is 11.0. The van der Waals surface area contributed by atoms with Gasteiger partial charge < -0.3 is 10.5 Å².